The van der Waals surface area contributed by atoms with Gasteiger partial charge in [-0.3, -0.25) is 4.57 Å². The molecule has 0 amide bonds. The van der Waals surface area contributed by atoms with Crippen LogP contribution in [0.15, 0.2) is 18.3 Å². The first-order chi connectivity index (χ1) is 11.8. The van der Waals surface area contributed by atoms with Crippen LogP contribution in [0.4, 0.5) is 10.6 Å². The van der Waals surface area contributed by atoms with E-state index in [-0.39, 0.29) is 12.0 Å². The Hall–Kier alpha value is -2.04. The number of nitrogens with zero attached hydrogens (tertiary/aromatic N) is 3. The molecule has 1 aliphatic heterocycles. The lowest BCUT2D eigenvalue weighted by Gasteiger charge is -2.27. The molecule has 0 saturated carbocycles. The van der Waals surface area contributed by atoms with Gasteiger partial charge >= 0.3 is 6.09 Å². The van der Waals surface area contributed by atoms with Gasteiger partial charge in [0, 0.05) is 19.3 Å². The Balaban J connectivity index is 2.03. The summed E-state index contributed by atoms with van der Waals surface area (Å²) >= 11 is 0. The van der Waals surface area contributed by atoms with Crippen molar-refractivity contribution in [2.45, 2.75) is 65.4 Å². The lowest BCUT2D eigenvalue weighted by Crippen LogP contribution is -2.30. The summed E-state index contributed by atoms with van der Waals surface area (Å²) < 4.78 is 7.16. The van der Waals surface area contributed by atoms with E-state index in [1.165, 1.54) is 19.3 Å². The zero-order chi connectivity index (χ0) is 18.2. The van der Waals surface area contributed by atoms with Crippen LogP contribution >= 0.6 is 0 Å². The molecule has 0 spiro atoms. The normalized spacial score (nSPS) is 15.8. The van der Waals surface area contributed by atoms with Crippen molar-refractivity contribution in [3.05, 3.63) is 23.9 Å². The van der Waals surface area contributed by atoms with Crippen molar-refractivity contribution in [1.29, 1.82) is 0 Å². The van der Waals surface area contributed by atoms with E-state index < -0.39 is 5.60 Å². The van der Waals surface area contributed by atoms with Crippen LogP contribution in [-0.2, 0) is 4.74 Å². The topological polar surface area (TPSA) is 47.4 Å². The molecule has 1 fully saturated rings. The molecule has 3 heterocycles. The number of aromatic nitrogens is 2. The number of fused-ring (bicyclic) bond motifs is 1. The highest BCUT2D eigenvalue weighted by molar-refractivity contribution is 5.91. The van der Waals surface area contributed by atoms with E-state index in [2.05, 4.69) is 18.7 Å². The Bertz CT molecular complexity index is 765. The Morgan fingerprint density at radius 2 is 1.84 bits per heavy atom. The maximum absolute atomic E-state index is 12.6. The molecule has 0 N–H and O–H groups in total. The van der Waals surface area contributed by atoms with Crippen LogP contribution < -0.4 is 4.90 Å². The van der Waals surface area contributed by atoms with E-state index in [0.29, 0.717) is 0 Å². The molecule has 1 saturated heterocycles. The zero-order valence-corrected chi connectivity index (χ0v) is 16.0. The number of hydrogen-bond acceptors (Lipinski definition) is 4. The van der Waals surface area contributed by atoms with E-state index >= 15 is 0 Å². The van der Waals surface area contributed by atoms with Gasteiger partial charge in [0.25, 0.3) is 0 Å². The van der Waals surface area contributed by atoms with Crippen LogP contribution in [0.3, 0.4) is 0 Å². The van der Waals surface area contributed by atoms with Crippen molar-refractivity contribution in [3.63, 3.8) is 0 Å². The van der Waals surface area contributed by atoms with Crippen molar-refractivity contribution >= 4 is 22.9 Å². The van der Waals surface area contributed by atoms with Gasteiger partial charge in [0.05, 0.1) is 11.0 Å². The second-order valence-electron chi connectivity index (χ2n) is 8.17. The first-order valence-electron chi connectivity index (χ1n) is 9.26. The number of rotatable bonds is 2. The van der Waals surface area contributed by atoms with E-state index in [0.717, 1.165) is 35.5 Å². The summed E-state index contributed by atoms with van der Waals surface area (Å²) in [6, 6.07) is 4.03. The summed E-state index contributed by atoms with van der Waals surface area (Å²) in [5.74, 6) is 1.30. The SMILES string of the molecule is CC(C)c1cn(C(=O)OC(C)(C)C)c2ccc(N3CCCCC3)nc12. The summed E-state index contributed by atoms with van der Waals surface area (Å²) in [5.41, 5.74) is 2.29. The molecule has 2 aromatic rings. The largest absolute Gasteiger partial charge is 0.443 e. The Morgan fingerprint density at radius 1 is 1.16 bits per heavy atom. The number of pyridine rings is 1. The average molecular weight is 343 g/mol. The average Bonchev–Trinajstić information content (AvgIpc) is 2.93. The minimum atomic E-state index is -0.521. The van der Waals surface area contributed by atoms with Gasteiger partial charge in [-0.2, -0.15) is 0 Å². The van der Waals surface area contributed by atoms with E-state index in [4.69, 9.17) is 9.72 Å². The smallest absolute Gasteiger partial charge is 0.419 e. The third-order valence-electron chi connectivity index (χ3n) is 4.55. The molecule has 1 aliphatic rings. The molecule has 136 valence electrons. The molecular formula is C20H29N3O2. The Kier molecular flexibility index (Phi) is 4.76. The molecule has 3 rings (SSSR count). The maximum Gasteiger partial charge on any atom is 0.419 e. The predicted molar refractivity (Wildman–Crippen MR) is 102 cm³/mol. The highest BCUT2D eigenvalue weighted by Gasteiger charge is 2.23. The van der Waals surface area contributed by atoms with Gasteiger partial charge in [0.15, 0.2) is 0 Å². The van der Waals surface area contributed by atoms with E-state index in [9.17, 15) is 4.79 Å². The van der Waals surface area contributed by atoms with Crippen molar-refractivity contribution in [3.8, 4) is 0 Å². The summed E-state index contributed by atoms with van der Waals surface area (Å²) in [5, 5.41) is 0. The van der Waals surface area contributed by atoms with Crippen LogP contribution in [0.25, 0.3) is 11.0 Å². The molecule has 5 heteroatoms. The summed E-state index contributed by atoms with van der Waals surface area (Å²) in [7, 11) is 0. The Morgan fingerprint density at radius 3 is 2.44 bits per heavy atom. The van der Waals surface area contributed by atoms with Crippen LogP contribution in [0.1, 0.15) is 65.4 Å². The molecule has 0 atom stereocenters. The van der Waals surface area contributed by atoms with Crippen molar-refractivity contribution < 1.29 is 9.53 Å². The van der Waals surface area contributed by atoms with Gasteiger partial charge in [0.2, 0.25) is 0 Å². The molecule has 0 unspecified atom stereocenters. The van der Waals surface area contributed by atoms with Crippen LogP contribution in [-0.4, -0.2) is 34.3 Å². The molecule has 0 aromatic carbocycles. The van der Waals surface area contributed by atoms with Crippen LogP contribution in [0, 0.1) is 0 Å². The number of carbonyl (C=O) groups is 1. The first-order valence-corrected chi connectivity index (χ1v) is 9.26. The second-order valence-corrected chi connectivity index (χ2v) is 8.17. The van der Waals surface area contributed by atoms with Gasteiger partial charge in [-0.15, -0.1) is 0 Å². The van der Waals surface area contributed by atoms with E-state index in [1.807, 2.05) is 39.1 Å². The van der Waals surface area contributed by atoms with Crippen molar-refractivity contribution in [2.75, 3.05) is 18.0 Å². The monoisotopic (exact) mass is 343 g/mol. The van der Waals surface area contributed by atoms with Crippen LogP contribution in [0.5, 0.6) is 0 Å². The summed E-state index contributed by atoms with van der Waals surface area (Å²) in [4.78, 5) is 19.9. The molecule has 0 bridgehead atoms. The van der Waals surface area contributed by atoms with Crippen molar-refractivity contribution in [2.24, 2.45) is 0 Å². The minimum absolute atomic E-state index is 0.287. The van der Waals surface area contributed by atoms with Gasteiger partial charge < -0.3 is 9.64 Å². The standard InChI is InChI=1S/C20H29N3O2/c1-14(2)15-13-23(19(24)25-20(3,4)5)16-9-10-17(21-18(15)16)22-11-7-6-8-12-22/h9-10,13-14H,6-8,11-12H2,1-5H3. The van der Waals surface area contributed by atoms with E-state index in [1.54, 1.807) is 4.57 Å². The molecule has 25 heavy (non-hydrogen) atoms. The molecule has 2 aromatic heterocycles. The van der Waals surface area contributed by atoms with Gasteiger partial charge in [-0.1, -0.05) is 13.8 Å². The minimum Gasteiger partial charge on any atom is -0.443 e. The van der Waals surface area contributed by atoms with Crippen molar-refractivity contribution in [1.82, 2.24) is 9.55 Å². The number of piperidine rings is 1. The third kappa shape index (κ3) is 3.80. The molecular weight excluding hydrogens is 314 g/mol. The molecule has 5 nitrogen and oxygen atoms in total. The number of anilines is 1. The van der Waals surface area contributed by atoms with Gasteiger partial charge in [-0.05, 0) is 63.6 Å². The van der Waals surface area contributed by atoms with Gasteiger partial charge in [-0.25, -0.2) is 9.78 Å². The second kappa shape index (κ2) is 6.70. The Labute approximate surface area is 150 Å². The molecule has 0 radical (unpaired) electrons. The number of carbonyl (C=O) groups excluding carboxylic acids is 1. The fourth-order valence-corrected chi connectivity index (χ4v) is 3.30. The quantitative estimate of drug-likeness (QED) is 0.775. The lowest BCUT2D eigenvalue weighted by atomic mass is 10.1. The fourth-order valence-electron chi connectivity index (χ4n) is 3.30. The maximum atomic E-state index is 12.6. The highest BCUT2D eigenvalue weighted by Crippen LogP contribution is 2.29. The lowest BCUT2D eigenvalue weighted by molar-refractivity contribution is 0.0544. The predicted octanol–water partition coefficient (Wildman–Crippen LogP) is 4.93. The first kappa shape index (κ1) is 17.8. The third-order valence-corrected chi connectivity index (χ3v) is 4.55. The number of hydrogen-bond donors (Lipinski definition) is 0. The fraction of sp³-hybridized carbons (Fsp3) is 0.600. The highest BCUT2D eigenvalue weighted by atomic mass is 16.6. The number of ether oxygens (including phenoxy) is 1. The van der Waals surface area contributed by atoms with Crippen LogP contribution in [0.2, 0.25) is 0 Å². The molecule has 0 aliphatic carbocycles. The van der Waals surface area contributed by atoms with Gasteiger partial charge in [0.1, 0.15) is 11.4 Å². The zero-order valence-electron chi connectivity index (χ0n) is 16.0. The summed E-state index contributed by atoms with van der Waals surface area (Å²) in [6.45, 7) is 12.0. The summed E-state index contributed by atoms with van der Waals surface area (Å²) in [6.07, 6.45) is 5.27.